The first-order valence-corrected chi connectivity index (χ1v) is 11.0. The Balaban J connectivity index is 1.57. The summed E-state index contributed by atoms with van der Waals surface area (Å²) < 4.78 is 26.0. The lowest BCUT2D eigenvalue weighted by Gasteiger charge is -2.16. The minimum atomic E-state index is -0.315. The zero-order chi connectivity index (χ0) is 23.7. The largest absolute Gasteiger partial charge is 0.507 e. The van der Waals surface area contributed by atoms with Gasteiger partial charge in [0.1, 0.15) is 11.6 Å². The summed E-state index contributed by atoms with van der Waals surface area (Å²) in [6, 6.07) is 18.8. The van der Waals surface area contributed by atoms with Crippen LogP contribution in [0.3, 0.4) is 0 Å². The van der Waals surface area contributed by atoms with Gasteiger partial charge in [0.25, 0.3) is 5.56 Å². The van der Waals surface area contributed by atoms with Crippen LogP contribution in [0.2, 0.25) is 0 Å². The molecule has 0 saturated carbocycles. The van der Waals surface area contributed by atoms with Crippen LogP contribution >= 0.6 is 0 Å². The van der Waals surface area contributed by atoms with E-state index in [4.69, 9.17) is 9.47 Å². The van der Waals surface area contributed by atoms with E-state index in [-0.39, 0.29) is 30.5 Å². The third-order valence-electron chi connectivity index (χ3n) is 5.92. The highest BCUT2D eigenvalue weighted by Gasteiger charge is 2.20. The Morgan fingerprint density at radius 1 is 0.971 bits per heavy atom. The van der Waals surface area contributed by atoms with Crippen LogP contribution in [0.1, 0.15) is 22.4 Å². The first-order chi connectivity index (χ1) is 16.5. The number of benzene rings is 3. The van der Waals surface area contributed by atoms with Crippen LogP contribution in [0.15, 0.2) is 71.5 Å². The molecular formula is C27H23FN2O4. The van der Waals surface area contributed by atoms with Crippen molar-refractivity contribution in [1.29, 1.82) is 0 Å². The fraction of sp³-hybridized carbons (Fsp3) is 0.185. The number of aromatic nitrogens is 2. The summed E-state index contributed by atoms with van der Waals surface area (Å²) in [7, 11) is 0. The lowest BCUT2D eigenvalue weighted by molar-refractivity contribution is 0.174. The van der Waals surface area contributed by atoms with Gasteiger partial charge >= 0.3 is 0 Å². The van der Waals surface area contributed by atoms with Crippen molar-refractivity contribution in [1.82, 2.24) is 9.78 Å². The molecule has 1 aromatic heterocycles. The van der Waals surface area contributed by atoms with E-state index >= 15 is 0 Å². The molecule has 6 nitrogen and oxygen atoms in total. The van der Waals surface area contributed by atoms with E-state index in [1.54, 1.807) is 24.3 Å². The van der Waals surface area contributed by atoms with E-state index in [0.29, 0.717) is 46.7 Å². The molecule has 1 N–H and O–H groups in total. The first kappa shape index (κ1) is 21.7. The van der Waals surface area contributed by atoms with E-state index in [9.17, 15) is 14.3 Å². The van der Waals surface area contributed by atoms with Crippen molar-refractivity contribution < 1.29 is 19.0 Å². The van der Waals surface area contributed by atoms with Gasteiger partial charge in [-0.25, -0.2) is 9.07 Å². The van der Waals surface area contributed by atoms with E-state index in [2.05, 4.69) is 5.10 Å². The molecule has 1 aliphatic heterocycles. The third kappa shape index (κ3) is 4.24. The minimum absolute atomic E-state index is 0.0762. The molecule has 34 heavy (non-hydrogen) atoms. The topological polar surface area (TPSA) is 73.6 Å². The van der Waals surface area contributed by atoms with Crippen molar-refractivity contribution in [2.75, 3.05) is 6.79 Å². The molecule has 2 heterocycles. The van der Waals surface area contributed by atoms with Gasteiger partial charge in [-0.15, -0.1) is 0 Å². The van der Waals surface area contributed by atoms with Crippen LogP contribution in [0.4, 0.5) is 4.39 Å². The highest BCUT2D eigenvalue weighted by atomic mass is 19.1. The number of hydrogen-bond acceptors (Lipinski definition) is 5. The highest BCUT2D eigenvalue weighted by molar-refractivity contribution is 5.74. The Bertz CT molecular complexity index is 1430. The maximum Gasteiger partial charge on any atom is 0.270 e. The Morgan fingerprint density at radius 2 is 1.79 bits per heavy atom. The van der Waals surface area contributed by atoms with E-state index in [0.717, 1.165) is 11.1 Å². The molecule has 0 amide bonds. The standard InChI is InChI=1S/C27H23FN2O4/c1-17-26(21-7-2-3-8-23(21)31)22(11-9-18-5-4-6-20(28)13-18)27(32)30(29-17)15-19-10-12-24-25(14-19)34-16-33-24/h2-8,10,12-14,31H,9,11,15-16H2,1H3. The Kier molecular flexibility index (Phi) is 5.76. The quantitative estimate of drug-likeness (QED) is 0.456. The summed E-state index contributed by atoms with van der Waals surface area (Å²) in [4.78, 5) is 13.6. The van der Waals surface area contributed by atoms with Crippen molar-refractivity contribution in [3.8, 4) is 28.4 Å². The maximum atomic E-state index is 13.7. The van der Waals surface area contributed by atoms with E-state index in [1.807, 2.05) is 37.3 Å². The van der Waals surface area contributed by atoms with Crippen LogP contribution in [-0.2, 0) is 19.4 Å². The lowest BCUT2D eigenvalue weighted by atomic mass is 9.94. The van der Waals surface area contributed by atoms with E-state index in [1.165, 1.54) is 16.8 Å². The molecule has 0 saturated heterocycles. The Morgan fingerprint density at radius 3 is 2.62 bits per heavy atom. The highest BCUT2D eigenvalue weighted by Crippen LogP contribution is 2.34. The summed E-state index contributed by atoms with van der Waals surface area (Å²) >= 11 is 0. The predicted octanol–water partition coefficient (Wildman–Crippen LogP) is 4.63. The van der Waals surface area contributed by atoms with Crippen LogP contribution < -0.4 is 15.0 Å². The molecule has 4 aromatic rings. The second-order valence-electron chi connectivity index (χ2n) is 8.24. The fourth-order valence-electron chi connectivity index (χ4n) is 4.31. The normalized spacial score (nSPS) is 12.2. The predicted molar refractivity (Wildman–Crippen MR) is 126 cm³/mol. The van der Waals surface area contributed by atoms with Crippen LogP contribution in [-0.4, -0.2) is 21.7 Å². The Hall–Kier alpha value is -4.13. The van der Waals surface area contributed by atoms with Gasteiger partial charge < -0.3 is 14.6 Å². The van der Waals surface area contributed by atoms with Crippen molar-refractivity contribution in [3.05, 3.63) is 105 Å². The molecule has 1 aliphatic rings. The van der Waals surface area contributed by atoms with Crippen LogP contribution in [0.5, 0.6) is 17.2 Å². The molecule has 0 bridgehead atoms. The molecule has 5 rings (SSSR count). The van der Waals surface area contributed by atoms with Crippen LogP contribution in [0, 0.1) is 12.7 Å². The number of phenols is 1. The first-order valence-electron chi connectivity index (χ1n) is 11.0. The Labute approximate surface area is 195 Å². The number of nitrogens with zero attached hydrogens (tertiary/aromatic N) is 2. The molecular weight excluding hydrogens is 435 g/mol. The average Bonchev–Trinajstić information content (AvgIpc) is 3.29. The molecule has 3 aromatic carbocycles. The smallest absolute Gasteiger partial charge is 0.270 e. The van der Waals surface area contributed by atoms with Crippen molar-refractivity contribution in [3.63, 3.8) is 0 Å². The summed E-state index contributed by atoms with van der Waals surface area (Å²) in [6.45, 7) is 2.25. The van der Waals surface area contributed by atoms with Gasteiger partial charge in [-0.05, 0) is 61.2 Å². The van der Waals surface area contributed by atoms with Crippen molar-refractivity contribution in [2.24, 2.45) is 0 Å². The number of para-hydroxylation sites is 1. The van der Waals surface area contributed by atoms with Crippen molar-refractivity contribution >= 4 is 0 Å². The minimum Gasteiger partial charge on any atom is -0.507 e. The van der Waals surface area contributed by atoms with E-state index < -0.39 is 0 Å². The van der Waals surface area contributed by atoms with Gasteiger partial charge in [-0.3, -0.25) is 4.79 Å². The summed E-state index contributed by atoms with van der Waals surface area (Å²) in [6.07, 6.45) is 0.845. The number of rotatable bonds is 6. The summed E-state index contributed by atoms with van der Waals surface area (Å²) in [5.41, 5.74) is 3.70. The number of aryl methyl sites for hydroxylation is 2. The fourth-order valence-corrected chi connectivity index (χ4v) is 4.31. The number of halogens is 1. The molecule has 0 spiro atoms. The van der Waals surface area contributed by atoms with Gasteiger partial charge in [0, 0.05) is 16.7 Å². The van der Waals surface area contributed by atoms with Gasteiger partial charge in [-0.1, -0.05) is 36.4 Å². The van der Waals surface area contributed by atoms with Gasteiger partial charge in [0.05, 0.1) is 12.2 Å². The third-order valence-corrected chi connectivity index (χ3v) is 5.92. The lowest BCUT2D eigenvalue weighted by Crippen LogP contribution is -2.29. The number of aromatic hydroxyl groups is 1. The molecule has 0 unspecified atom stereocenters. The second kappa shape index (κ2) is 9.02. The molecule has 0 atom stereocenters. The van der Waals surface area contributed by atoms with Crippen LogP contribution in [0.25, 0.3) is 11.1 Å². The molecule has 0 radical (unpaired) electrons. The average molecular weight is 458 g/mol. The molecule has 0 fully saturated rings. The molecule has 0 aliphatic carbocycles. The maximum absolute atomic E-state index is 13.7. The zero-order valence-electron chi connectivity index (χ0n) is 18.6. The number of fused-ring (bicyclic) bond motifs is 1. The second-order valence-corrected chi connectivity index (χ2v) is 8.24. The number of ether oxygens (including phenoxy) is 2. The van der Waals surface area contributed by atoms with Gasteiger partial charge in [-0.2, -0.15) is 5.10 Å². The summed E-state index contributed by atoms with van der Waals surface area (Å²) in [5.74, 6) is 1.07. The SMILES string of the molecule is Cc1nn(Cc2ccc3c(c2)OCO3)c(=O)c(CCc2cccc(F)c2)c1-c1ccccc1O. The summed E-state index contributed by atoms with van der Waals surface area (Å²) in [5, 5.41) is 15.1. The van der Waals surface area contributed by atoms with Gasteiger partial charge in [0.2, 0.25) is 6.79 Å². The monoisotopic (exact) mass is 458 g/mol. The number of phenolic OH excluding ortho intramolecular Hbond substituents is 1. The zero-order valence-corrected chi connectivity index (χ0v) is 18.6. The van der Waals surface area contributed by atoms with Gasteiger partial charge in [0.15, 0.2) is 11.5 Å². The van der Waals surface area contributed by atoms with Crippen molar-refractivity contribution in [2.45, 2.75) is 26.3 Å². The number of hydrogen-bond donors (Lipinski definition) is 1. The molecule has 172 valence electrons. The molecule has 7 heteroatoms.